The summed E-state index contributed by atoms with van der Waals surface area (Å²) >= 11 is 0. The molecule has 8 heteroatoms. The summed E-state index contributed by atoms with van der Waals surface area (Å²) in [6.45, 7) is 5.26. The molecule has 0 spiro atoms. The van der Waals surface area contributed by atoms with Gasteiger partial charge in [-0.25, -0.2) is 9.78 Å². The van der Waals surface area contributed by atoms with Crippen LogP contribution in [0, 0.1) is 0 Å². The molecule has 120 valence electrons. The van der Waals surface area contributed by atoms with Crippen LogP contribution in [-0.2, 0) is 17.5 Å². The van der Waals surface area contributed by atoms with E-state index in [4.69, 9.17) is 4.74 Å². The molecule has 2 rings (SSSR count). The van der Waals surface area contributed by atoms with Crippen molar-refractivity contribution < 1.29 is 22.7 Å². The third kappa shape index (κ3) is 4.12. The predicted molar refractivity (Wildman–Crippen MR) is 73.3 cm³/mol. The van der Waals surface area contributed by atoms with Gasteiger partial charge in [0.25, 0.3) is 0 Å². The van der Waals surface area contributed by atoms with Crippen LogP contribution in [0.15, 0.2) is 24.5 Å². The normalized spacial score (nSPS) is 12.5. The molecule has 0 radical (unpaired) electrons. The fraction of sp³-hybridized carbons (Fsp3) is 0.429. The van der Waals surface area contributed by atoms with E-state index in [1.165, 1.54) is 16.7 Å². The van der Waals surface area contributed by atoms with E-state index < -0.39 is 23.4 Å². The quantitative estimate of drug-likeness (QED) is 0.924. The van der Waals surface area contributed by atoms with E-state index in [0.29, 0.717) is 11.3 Å². The number of aromatic nitrogens is 2. The van der Waals surface area contributed by atoms with E-state index >= 15 is 0 Å². The maximum Gasteiger partial charge on any atom is 0.417 e. The van der Waals surface area contributed by atoms with Gasteiger partial charge in [0.2, 0.25) is 0 Å². The molecule has 2 heterocycles. The summed E-state index contributed by atoms with van der Waals surface area (Å²) in [6, 6.07) is 2.24. The average Bonchev–Trinajstić information content (AvgIpc) is 2.74. The number of hydrogen-bond donors (Lipinski definition) is 1. The van der Waals surface area contributed by atoms with Crippen LogP contribution in [0.3, 0.4) is 0 Å². The molecule has 0 saturated carbocycles. The van der Waals surface area contributed by atoms with Crippen molar-refractivity contribution >= 4 is 11.7 Å². The first kappa shape index (κ1) is 16.1. The van der Waals surface area contributed by atoms with Crippen LogP contribution < -0.4 is 5.32 Å². The number of imidazole rings is 1. The summed E-state index contributed by atoms with van der Waals surface area (Å²) in [5.74, 6) is 0. The van der Waals surface area contributed by atoms with E-state index in [1.54, 1.807) is 20.8 Å². The molecule has 0 aromatic carbocycles. The van der Waals surface area contributed by atoms with Gasteiger partial charge in [-0.3, -0.25) is 0 Å². The highest BCUT2D eigenvalue weighted by atomic mass is 19.4. The van der Waals surface area contributed by atoms with Crippen molar-refractivity contribution in [3.05, 3.63) is 35.8 Å². The van der Waals surface area contributed by atoms with Gasteiger partial charge in [0.15, 0.2) is 0 Å². The zero-order chi connectivity index (χ0) is 16.5. The monoisotopic (exact) mass is 315 g/mol. The lowest BCUT2D eigenvalue weighted by atomic mass is 10.2. The molecule has 0 atom stereocenters. The van der Waals surface area contributed by atoms with Crippen molar-refractivity contribution in [2.75, 3.05) is 0 Å². The van der Waals surface area contributed by atoms with Crippen molar-refractivity contribution in [3.63, 3.8) is 0 Å². The van der Waals surface area contributed by atoms with Crippen LogP contribution in [0.4, 0.5) is 18.0 Å². The van der Waals surface area contributed by atoms with Crippen molar-refractivity contribution in [2.45, 2.75) is 39.1 Å². The Kier molecular flexibility index (Phi) is 4.04. The van der Waals surface area contributed by atoms with Crippen LogP contribution in [0.2, 0.25) is 0 Å². The molecule has 1 N–H and O–H groups in total. The van der Waals surface area contributed by atoms with E-state index in [9.17, 15) is 18.0 Å². The lowest BCUT2D eigenvalue weighted by Gasteiger charge is -2.19. The molecule has 0 bridgehead atoms. The minimum atomic E-state index is -4.41. The highest BCUT2D eigenvalue weighted by molar-refractivity contribution is 5.67. The molecule has 0 aliphatic heterocycles. The minimum absolute atomic E-state index is 0.0674. The standard InChI is InChI=1S/C14H16F3N3O2/c1-13(2,3)22-12(21)18-6-10-8-20-7-9(14(15,16)17)4-5-11(20)19-10/h4-5,7-8H,6H2,1-3H3,(H,18,21). The number of ether oxygens (including phenoxy) is 1. The van der Waals surface area contributed by atoms with Crippen molar-refractivity contribution in [2.24, 2.45) is 0 Å². The fourth-order valence-electron chi connectivity index (χ4n) is 1.77. The smallest absolute Gasteiger partial charge is 0.417 e. The first-order chi connectivity index (χ1) is 10.0. The Balaban J connectivity index is 2.09. The molecule has 0 aliphatic rings. The van der Waals surface area contributed by atoms with Gasteiger partial charge >= 0.3 is 12.3 Å². The van der Waals surface area contributed by atoms with E-state index in [-0.39, 0.29) is 6.54 Å². The van der Waals surface area contributed by atoms with E-state index in [2.05, 4.69) is 10.3 Å². The van der Waals surface area contributed by atoms with Crippen molar-refractivity contribution in [1.29, 1.82) is 0 Å². The second-order valence-corrected chi connectivity index (χ2v) is 5.77. The number of halogens is 3. The number of carbonyl (C=O) groups excluding carboxylic acids is 1. The Morgan fingerprint density at radius 3 is 2.55 bits per heavy atom. The molecule has 0 unspecified atom stereocenters. The zero-order valence-electron chi connectivity index (χ0n) is 12.4. The number of pyridine rings is 1. The predicted octanol–water partition coefficient (Wildman–Crippen LogP) is 3.38. The zero-order valence-corrected chi connectivity index (χ0v) is 12.4. The Morgan fingerprint density at radius 1 is 1.27 bits per heavy atom. The van der Waals surface area contributed by atoms with Gasteiger partial charge in [0.05, 0.1) is 17.8 Å². The lowest BCUT2D eigenvalue weighted by Crippen LogP contribution is -2.32. The van der Waals surface area contributed by atoms with Crippen molar-refractivity contribution in [1.82, 2.24) is 14.7 Å². The van der Waals surface area contributed by atoms with Gasteiger partial charge in [-0.15, -0.1) is 0 Å². The van der Waals surface area contributed by atoms with Gasteiger partial charge in [0.1, 0.15) is 11.2 Å². The molecule has 2 aromatic rings. The summed E-state index contributed by atoms with van der Waals surface area (Å²) in [7, 11) is 0. The SMILES string of the molecule is CC(C)(C)OC(=O)NCc1cn2cc(C(F)(F)F)ccc2n1. The maximum absolute atomic E-state index is 12.6. The number of amides is 1. The summed E-state index contributed by atoms with van der Waals surface area (Å²) in [4.78, 5) is 15.6. The molecule has 1 amide bonds. The number of hydrogen-bond acceptors (Lipinski definition) is 3. The van der Waals surface area contributed by atoms with Gasteiger partial charge in [-0.05, 0) is 32.9 Å². The first-order valence-corrected chi connectivity index (χ1v) is 6.56. The summed E-state index contributed by atoms with van der Waals surface area (Å²) in [5.41, 5.74) is -0.576. The molecular weight excluding hydrogens is 299 g/mol. The number of rotatable bonds is 2. The lowest BCUT2D eigenvalue weighted by molar-refractivity contribution is -0.137. The average molecular weight is 315 g/mol. The van der Waals surface area contributed by atoms with Crippen LogP contribution in [0.1, 0.15) is 32.0 Å². The number of fused-ring (bicyclic) bond motifs is 1. The molecule has 22 heavy (non-hydrogen) atoms. The Hall–Kier alpha value is -2.25. The second-order valence-electron chi connectivity index (χ2n) is 5.77. The summed E-state index contributed by atoms with van der Waals surface area (Å²) < 4.78 is 44.2. The molecule has 0 saturated heterocycles. The van der Waals surface area contributed by atoms with Crippen LogP contribution in [0.5, 0.6) is 0 Å². The Bertz CT molecular complexity index is 687. The fourth-order valence-corrected chi connectivity index (χ4v) is 1.77. The Labute approximate surface area is 125 Å². The number of alkyl carbamates (subject to hydrolysis) is 1. The Morgan fingerprint density at radius 2 is 1.95 bits per heavy atom. The van der Waals surface area contributed by atoms with Gasteiger partial charge < -0.3 is 14.5 Å². The number of nitrogens with zero attached hydrogens (tertiary/aromatic N) is 2. The molecule has 0 fully saturated rings. The minimum Gasteiger partial charge on any atom is -0.444 e. The van der Waals surface area contributed by atoms with Gasteiger partial charge in [-0.1, -0.05) is 0 Å². The summed E-state index contributed by atoms with van der Waals surface area (Å²) in [6.07, 6.45) is -2.63. The number of alkyl halides is 3. The number of carbonyl (C=O) groups is 1. The highest BCUT2D eigenvalue weighted by Gasteiger charge is 2.30. The second kappa shape index (κ2) is 5.51. The third-order valence-electron chi connectivity index (χ3n) is 2.64. The van der Waals surface area contributed by atoms with Gasteiger partial charge in [0, 0.05) is 12.4 Å². The maximum atomic E-state index is 12.6. The molecular formula is C14H16F3N3O2. The topological polar surface area (TPSA) is 55.6 Å². The van der Waals surface area contributed by atoms with Crippen molar-refractivity contribution in [3.8, 4) is 0 Å². The third-order valence-corrected chi connectivity index (χ3v) is 2.64. The molecule has 5 nitrogen and oxygen atoms in total. The number of nitrogens with one attached hydrogen (secondary N) is 1. The summed E-state index contributed by atoms with van der Waals surface area (Å²) in [5, 5.41) is 2.50. The van der Waals surface area contributed by atoms with E-state index in [0.717, 1.165) is 12.3 Å². The molecule has 2 aromatic heterocycles. The van der Waals surface area contributed by atoms with Crippen LogP contribution in [-0.4, -0.2) is 21.1 Å². The largest absolute Gasteiger partial charge is 0.444 e. The first-order valence-electron chi connectivity index (χ1n) is 6.56. The molecule has 0 aliphatic carbocycles. The highest BCUT2D eigenvalue weighted by Crippen LogP contribution is 2.29. The van der Waals surface area contributed by atoms with E-state index in [1.807, 2.05) is 0 Å². The van der Waals surface area contributed by atoms with Crippen LogP contribution >= 0.6 is 0 Å². The van der Waals surface area contributed by atoms with Crippen LogP contribution in [0.25, 0.3) is 5.65 Å². The van der Waals surface area contributed by atoms with Gasteiger partial charge in [-0.2, -0.15) is 13.2 Å².